The van der Waals surface area contributed by atoms with Gasteiger partial charge in [0.25, 0.3) is 0 Å². The van der Waals surface area contributed by atoms with E-state index in [1.54, 1.807) is 22.3 Å². The lowest BCUT2D eigenvalue weighted by Crippen LogP contribution is -2.45. The Labute approximate surface area is 162 Å². The third-order valence-electron chi connectivity index (χ3n) is 3.99. The molecule has 0 spiro atoms. The zero-order valence-electron chi connectivity index (χ0n) is 14.3. The van der Waals surface area contributed by atoms with Crippen LogP contribution in [0, 0.1) is 0 Å². The second kappa shape index (κ2) is 8.90. The summed E-state index contributed by atoms with van der Waals surface area (Å²) >= 11 is 13.7. The van der Waals surface area contributed by atoms with Crippen LogP contribution in [0.5, 0.6) is 0 Å². The number of amides is 2. The van der Waals surface area contributed by atoms with E-state index in [0.29, 0.717) is 23.1 Å². The molecule has 136 valence electrons. The number of carbonyl (C=O) groups is 1. The average Bonchev–Trinajstić information content (AvgIpc) is 3.08. The summed E-state index contributed by atoms with van der Waals surface area (Å²) in [5, 5.41) is 17.2. The standard InChI is InChI=1S/C18H22Cl2N2O2S/c1-18(2,14-3-4-15(19)16(20)9-14)12-21-17(24)22(6-7-23)10-13-5-8-25-11-13/h3-5,8-9,11,23H,6-7,10,12H2,1-2H3,(H,21,24). The molecule has 0 aliphatic rings. The van der Waals surface area contributed by atoms with Crippen LogP contribution in [0.2, 0.25) is 10.0 Å². The molecule has 2 N–H and O–H groups in total. The van der Waals surface area contributed by atoms with Crippen molar-refractivity contribution in [2.45, 2.75) is 25.8 Å². The molecule has 1 aromatic carbocycles. The summed E-state index contributed by atoms with van der Waals surface area (Å²) < 4.78 is 0. The lowest BCUT2D eigenvalue weighted by atomic mass is 9.84. The largest absolute Gasteiger partial charge is 0.395 e. The molecule has 2 aromatic rings. The number of hydrogen-bond donors (Lipinski definition) is 2. The normalized spacial score (nSPS) is 11.4. The van der Waals surface area contributed by atoms with E-state index in [1.807, 2.05) is 42.8 Å². The summed E-state index contributed by atoms with van der Waals surface area (Å²) in [4.78, 5) is 14.1. The van der Waals surface area contributed by atoms with Crippen molar-refractivity contribution in [2.75, 3.05) is 19.7 Å². The Hall–Kier alpha value is -1.27. The van der Waals surface area contributed by atoms with Gasteiger partial charge in [0.15, 0.2) is 0 Å². The van der Waals surface area contributed by atoms with Gasteiger partial charge in [-0.05, 0) is 40.1 Å². The molecule has 0 saturated carbocycles. The summed E-state index contributed by atoms with van der Waals surface area (Å²) in [5.41, 5.74) is 1.74. The van der Waals surface area contributed by atoms with Gasteiger partial charge in [0.05, 0.1) is 16.7 Å². The maximum atomic E-state index is 12.5. The number of urea groups is 1. The first-order valence-electron chi connectivity index (χ1n) is 7.94. The SMILES string of the molecule is CC(C)(CNC(=O)N(CCO)Cc1ccsc1)c1ccc(Cl)c(Cl)c1. The third-order valence-corrected chi connectivity index (χ3v) is 5.46. The van der Waals surface area contributed by atoms with Gasteiger partial charge in [-0.2, -0.15) is 11.3 Å². The van der Waals surface area contributed by atoms with Gasteiger partial charge < -0.3 is 15.3 Å². The van der Waals surface area contributed by atoms with Crippen molar-refractivity contribution in [1.29, 1.82) is 0 Å². The molecule has 0 radical (unpaired) electrons. The van der Waals surface area contributed by atoms with Gasteiger partial charge in [0, 0.05) is 25.0 Å². The predicted octanol–water partition coefficient (Wildman–Crippen LogP) is 4.54. The van der Waals surface area contributed by atoms with Gasteiger partial charge in [0.1, 0.15) is 0 Å². The van der Waals surface area contributed by atoms with Crippen LogP contribution in [0.3, 0.4) is 0 Å². The van der Waals surface area contributed by atoms with Crippen LogP contribution in [-0.2, 0) is 12.0 Å². The number of carbonyl (C=O) groups excluding carboxylic acids is 1. The van der Waals surface area contributed by atoms with E-state index in [4.69, 9.17) is 23.2 Å². The highest BCUT2D eigenvalue weighted by atomic mass is 35.5. The van der Waals surface area contributed by atoms with Crippen molar-refractivity contribution in [2.24, 2.45) is 0 Å². The van der Waals surface area contributed by atoms with E-state index in [1.165, 1.54) is 0 Å². The molecule has 7 heteroatoms. The molecule has 0 atom stereocenters. The molecular formula is C18H22Cl2N2O2S. The van der Waals surface area contributed by atoms with Gasteiger partial charge in [-0.1, -0.05) is 43.1 Å². The number of nitrogens with one attached hydrogen (secondary N) is 1. The van der Waals surface area contributed by atoms with Crippen molar-refractivity contribution in [3.63, 3.8) is 0 Å². The lowest BCUT2D eigenvalue weighted by Gasteiger charge is -2.28. The minimum absolute atomic E-state index is 0.0757. The van der Waals surface area contributed by atoms with Crippen LogP contribution < -0.4 is 5.32 Å². The van der Waals surface area contributed by atoms with Gasteiger partial charge in [-0.25, -0.2) is 4.79 Å². The topological polar surface area (TPSA) is 52.6 Å². The molecule has 25 heavy (non-hydrogen) atoms. The smallest absolute Gasteiger partial charge is 0.317 e. The Morgan fingerprint density at radius 3 is 2.64 bits per heavy atom. The molecule has 2 amide bonds. The maximum absolute atomic E-state index is 12.5. The zero-order valence-corrected chi connectivity index (χ0v) is 16.6. The summed E-state index contributed by atoms with van der Waals surface area (Å²) in [6.07, 6.45) is 0. The summed E-state index contributed by atoms with van der Waals surface area (Å²) in [6, 6.07) is 7.28. The number of benzene rings is 1. The first-order valence-corrected chi connectivity index (χ1v) is 9.63. The fraction of sp³-hybridized carbons (Fsp3) is 0.389. The van der Waals surface area contributed by atoms with Crippen molar-refractivity contribution in [3.05, 3.63) is 56.2 Å². The third kappa shape index (κ3) is 5.61. The Morgan fingerprint density at radius 2 is 2.04 bits per heavy atom. The molecule has 0 fully saturated rings. The number of aliphatic hydroxyl groups excluding tert-OH is 1. The number of aliphatic hydroxyl groups is 1. The molecule has 0 bridgehead atoms. The van der Waals surface area contributed by atoms with Gasteiger partial charge in [-0.15, -0.1) is 0 Å². The van der Waals surface area contributed by atoms with E-state index < -0.39 is 0 Å². The quantitative estimate of drug-likeness (QED) is 0.716. The summed E-state index contributed by atoms with van der Waals surface area (Å²) in [5.74, 6) is 0. The highest BCUT2D eigenvalue weighted by Gasteiger charge is 2.24. The average molecular weight is 401 g/mol. The minimum Gasteiger partial charge on any atom is -0.395 e. The summed E-state index contributed by atoms with van der Waals surface area (Å²) in [7, 11) is 0. The number of halogens is 2. The molecule has 2 rings (SSSR count). The molecule has 0 unspecified atom stereocenters. The highest BCUT2D eigenvalue weighted by molar-refractivity contribution is 7.07. The van der Waals surface area contributed by atoms with Crippen LogP contribution in [0.4, 0.5) is 4.79 Å². The molecule has 4 nitrogen and oxygen atoms in total. The van der Waals surface area contributed by atoms with E-state index in [0.717, 1.165) is 11.1 Å². The maximum Gasteiger partial charge on any atom is 0.317 e. The molecule has 1 heterocycles. The lowest BCUT2D eigenvalue weighted by molar-refractivity contribution is 0.172. The molecule has 0 saturated heterocycles. The fourth-order valence-corrected chi connectivity index (χ4v) is 3.36. The summed E-state index contributed by atoms with van der Waals surface area (Å²) in [6.45, 7) is 5.19. The van der Waals surface area contributed by atoms with Crippen molar-refractivity contribution in [1.82, 2.24) is 10.2 Å². The first kappa shape index (κ1) is 20.0. The molecular weight excluding hydrogens is 379 g/mol. The van der Waals surface area contributed by atoms with Crippen LogP contribution in [0.25, 0.3) is 0 Å². The van der Waals surface area contributed by atoms with E-state index in [2.05, 4.69) is 5.32 Å². The number of rotatable bonds is 7. The Bertz CT molecular complexity index is 705. The Morgan fingerprint density at radius 1 is 1.28 bits per heavy atom. The molecule has 0 aliphatic heterocycles. The van der Waals surface area contributed by atoms with Crippen molar-refractivity contribution >= 4 is 40.6 Å². The van der Waals surface area contributed by atoms with Gasteiger partial charge in [0.2, 0.25) is 0 Å². The van der Waals surface area contributed by atoms with Crippen molar-refractivity contribution in [3.8, 4) is 0 Å². The number of nitrogens with zero attached hydrogens (tertiary/aromatic N) is 1. The van der Waals surface area contributed by atoms with E-state index in [9.17, 15) is 9.90 Å². The van der Waals surface area contributed by atoms with Crippen LogP contribution >= 0.6 is 34.5 Å². The highest BCUT2D eigenvalue weighted by Crippen LogP contribution is 2.29. The van der Waals surface area contributed by atoms with Crippen LogP contribution in [0.15, 0.2) is 35.0 Å². The van der Waals surface area contributed by atoms with Crippen LogP contribution in [-0.4, -0.2) is 35.7 Å². The number of hydrogen-bond acceptors (Lipinski definition) is 3. The van der Waals surface area contributed by atoms with Crippen LogP contribution in [0.1, 0.15) is 25.0 Å². The monoisotopic (exact) mass is 400 g/mol. The van der Waals surface area contributed by atoms with E-state index >= 15 is 0 Å². The Balaban J connectivity index is 2.01. The first-order chi connectivity index (χ1) is 11.8. The molecule has 1 aromatic heterocycles. The predicted molar refractivity (Wildman–Crippen MR) is 105 cm³/mol. The Kier molecular flexibility index (Phi) is 7.14. The minimum atomic E-state index is -0.308. The van der Waals surface area contributed by atoms with E-state index in [-0.39, 0.29) is 24.6 Å². The van der Waals surface area contributed by atoms with Crippen molar-refractivity contribution < 1.29 is 9.90 Å². The fourth-order valence-electron chi connectivity index (χ4n) is 2.40. The second-order valence-electron chi connectivity index (χ2n) is 6.45. The molecule has 0 aliphatic carbocycles. The van der Waals surface area contributed by atoms with Gasteiger partial charge >= 0.3 is 6.03 Å². The number of thiophene rings is 1. The zero-order chi connectivity index (χ0) is 18.4. The van der Waals surface area contributed by atoms with Gasteiger partial charge in [-0.3, -0.25) is 0 Å². The second-order valence-corrected chi connectivity index (χ2v) is 8.04.